The number of hydrogen-bond donors (Lipinski definition) is 1. The second-order valence-electron chi connectivity index (χ2n) is 7.35. The lowest BCUT2D eigenvalue weighted by atomic mass is 9.81. The number of anilines is 1. The predicted octanol–water partition coefficient (Wildman–Crippen LogP) is 4.01. The quantitative estimate of drug-likeness (QED) is 0.799. The minimum atomic E-state index is -0.0368. The van der Waals surface area contributed by atoms with Crippen molar-refractivity contribution in [2.45, 2.75) is 52.4 Å². The molecule has 0 aromatic heterocycles. The molecule has 2 amide bonds. The van der Waals surface area contributed by atoms with Gasteiger partial charge in [-0.2, -0.15) is 0 Å². The van der Waals surface area contributed by atoms with Gasteiger partial charge in [0.05, 0.1) is 12.8 Å². The number of hydrogen-bond acceptors (Lipinski definition) is 3. The lowest BCUT2D eigenvalue weighted by molar-refractivity contribution is -0.136. The molecule has 2 rings (SSSR count). The highest BCUT2D eigenvalue weighted by atomic mass is 16.5. The van der Waals surface area contributed by atoms with E-state index in [1.807, 2.05) is 37.1 Å². The second kappa shape index (κ2) is 9.60. The highest BCUT2D eigenvalue weighted by Crippen LogP contribution is 2.32. The van der Waals surface area contributed by atoms with Crippen LogP contribution in [0.5, 0.6) is 5.75 Å². The van der Waals surface area contributed by atoms with Crippen LogP contribution in [0.3, 0.4) is 0 Å². The van der Waals surface area contributed by atoms with Crippen LogP contribution in [0.25, 0.3) is 0 Å². The smallest absolute Gasteiger partial charge is 0.227 e. The van der Waals surface area contributed by atoms with Crippen LogP contribution in [0.4, 0.5) is 5.69 Å². The third kappa shape index (κ3) is 5.23. The van der Waals surface area contributed by atoms with Crippen molar-refractivity contribution >= 4 is 17.5 Å². The van der Waals surface area contributed by atoms with Gasteiger partial charge in [-0.25, -0.2) is 0 Å². The number of aryl methyl sites for hydroxylation is 1. The van der Waals surface area contributed by atoms with Gasteiger partial charge in [-0.1, -0.05) is 19.4 Å². The van der Waals surface area contributed by atoms with E-state index >= 15 is 0 Å². The van der Waals surface area contributed by atoms with E-state index in [2.05, 4.69) is 12.2 Å². The molecule has 0 atom stereocenters. The van der Waals surface area contributed by atoms with E-state index < -0.39 is 0 Å². The van der Waals surface area contributed by atoms with Crippen LogP contribution < -0.4 is 10.1 Å². The number of benzene rings is 1. The molecule has 0 heterocycles. The maximum absolute atomic E-state index is 12.6. The van der Waals surface area contributed by atoms with Gasteiger partial charge in [0.2, 0.25) is 11.8 Å². The van der Waals surface area contributed by atoms with Crippen LogP contribution in [0.15, 0.2) is 18.2 Å². The molecule has 0 saturated heterocycles. The molecule has 5 heteroatoms. The van der Waals surface area contributed by atoms with Gasteiger partial charge in [0, 0.05) is 25.4 Å². The van der Waals surface area contributed by atoms with Gasteiger partial charge < -0.3 is 15.0 Å². The summed E-state index contributed by atoms with van der Waals surface area (Å²) in [5.41, 5.74) is 1.79. The van der Waals surface area contributed by atoms with Crippen molar-refractivity contribution in [2.75, 3.05) is 26.0 Å². The summed E-state index contributed by atoms with van der Waals surface area (Å²) >= 11 is 0. The summed E-state index contributed by atoms with van der Waals surface area (Å²) in [6, 6.07) is 5.75. The molecule has 0 radical (unpaired) electrons. The number of carbonyl (C=O) groups is 2. The third-order valence-corrected chi connectivity index (χ3v) is 5.28. The minimum Gasteiger partial charge on any atom is -0.495 e. The fourth-order valence-corrected chi connectivity index (χ4v) is 3.57. The molecule has 1 aromatic carbocycles. The van der Waals surface area contributed by atoms with Crippen molar-refractivity contribution < 1.29 is 14.3 Å². The van der Waals surface area contributed by atoms with Gasteiger partial charge >= 0.3 is 0 Å². The zero-order valence-corrected chi connectivity index (χ0v) is 16.5. The largest absolute Gasteiger partial charge is 0.495 e. The molecular weight excluding hydrogens is 328 g/mol. The van der Waals surface area contributed by atoms with Gasteiger partial charge in [-0.05, 0) is 56.7 Å². The van der Waals surface area contributed by atoms with Crippen molar-refractivity contribution in [1.82, 2.24) is 4.90 Å². The number of ether oxygens (including phenoxy) is 1. The first-order chi connectivity index (χ1) is 12.5. The number of unbranched alkanes of at least 4 members (excludes halogenated alkanes) is 1. The number of nitrogens with zero attached hydrogens (tertiary/aromatic N) is 1. The Hall–Kier alpha value is -2.04. The normalized spacial score (nSPS) is 19.7. The Morgan fingerprint density at radius 2 is 1.85 bits per heavy atom. The molecule has 1 fully saturated rings. The standard InChI is InChI=1S/C21H32N2O3/c1-5-6-13-23(3)21(25)17-10-8-16(9-11-17)20(24)22-18-14-15(2)7-12-19(18)26-4/h7,12,14,16-17H,5-6,8-11,13H2,1-4H3,(H,22,24). The molecule has 1 N–H and O–H groups in total. The van der Waals surface area contributed by atoms with Crippen molar-refractivity contribution in [3.63, 3.8) is 0 Å². The maximum Gasteiger partial charge on any atom is 0.227 e. The fourth-order valence-electron chi connectivity index (χ4n) is 3.57. The highest BCUT2D eigenvalue weighted by molar-refractivity contribution is 5.94. The van der Waals surface area contributed by atoms with Gasteiger partial charge in [0.15, 0.2) is 0 Å². The van der Waals surface area contributed by atoms with Gasteiger partial charge in [-0.15, -0.1) is 0 Å². The summed E-state index contributed by atoms with van der Waals surface area (Å²) < 4.78 is 5.33. The molecule has 1 aliphatic rings. The lowest BCUT2D eigenvalue weighted by Crippen LogP contribution is -2.37. The molecule has 0 unspecified atom stereocenters. The van der Waals surface area contributed by atoms with Crippen LogP contribution in [0, 0.1) is 18.8 Å². The third-order valence-electron chi connectivity index (χ3n) is 5.28. The van der Waals surface area contributed by atoms with Crippen LogP contribution in [-0.2, 0) is 9.59 Å². The summed E-state index contributed by atoms with van der Waals surface area (Å²) in [6.45, 7) is 4.94. The highest BCUT2D eigenvalue weighted by Gasteiger charge is 2.31. The fraction of sp³-hybridized carbons (Fsp3) is 0.619. The van der Waals surface area contributed by atoms with Crippen LogP contribution in [0.1, 0.15) is 51.0 Å². The molecule has 5 nitrogen and oxygen atoms in total. The van der Waals surface area contributed by atoms with Gasteiger partial charge in [-0.3, -0.25) is 9.59 Å². The van der Waals surface area contributed by atoms with Crippen molar-refractivity contribution in [2.24, 2.45) is 11.8 Å². The Kier molecular flexibility index (Phi) is 7.49. The molecule has 1 aromatic rings. The summed E-state index contributed by atoms with van der Waals surface area (Å²) in [6.07, 6.45) is 5.23. The Bertz CT molecular complexity index is 622. The molecule has 0 spiro atoms. The first-order valence-electron chi connectivity index (χ1n) is 9.66. The molecule has 1 saturated carbocycles. The summed E-state index contributed by atoms with van der Waals surface area (Å²) in [7, 11) is 3.49. The predicted molar refractivity (Wildman–Crippen MR) is 104 cm³/mol. The average Bonchev–Trinajstić information content (AvgIpc) is 2.65. The number of amides is 2. The Morgan fingerprint density at radius 3 is 2.46 bits per heavy atom. The van der Waals surface area contributed by atoms with E-state index in [4.69, 9.17) is 4.74 Å². The van der Waals surface area contributed by atoms with E-state index in [-0.39, 0.29) is 23.7 Å². The number of carbonyl (C=O) groups excluding carboxylic acids is 2. The van der Waals surface area contributed by atoms with Crippen molar-refractivity contribution in [3.05, 3.63) is 23.8 Å². The Balaban J connectivity index is 1.88. The molecule has 144 valence electrons. The molecule has 1 aliphatic carbocycles. The number of rotatable bonds is 7. The average molecular weight is 360 g/mol. The van der Waals surface area contributed by atoms with Crippen LogP contribution in [0.2, 0.25) is 0 Å². The Labute approximate surface area is 157 Å². The molecule has 0 bridgehead atoms. The van der Waals surface area contributed by atoms with E-state index in [1.54, 1.807) is 7.11 Å². The number of methoxy groups -OCH3 is 1. The summed E-state index contributed by atoms with van der Waals surface area (Å²) in [5, 5.41) is 3.01. The van der Waals surface area contributed by atoms with E-state index in [1.165, 1.54) is 0 Å². The number of nitrogens with one attached hydrogen (secondary N) is 1. The first-order valence-corrected chi connectivity index (χ1v) is 9.66. The maximum atomic E-state index is 12.6. The summed E-state index contributed by atoms with van der Waals surface area (Å²) in [5.74, 6) is 0.960. The van der Waals surface area contributed by atoms with E-state index in [9.17, 15) is 9.59 Å². The van der Waals surface area contributed by atoms with Crippen LogP contribution in [-0.4, -0.2) is 37.4 Å². The lowest BCUT2D eigenvalue weighted by Gasteiger charge is -2.30. The summed E-state index contributed by atoms with van der Waals surface area (Å²) in [4.78, 5) is 27.0. The Morgan fingerprint density at radius 1 is 1.19 bits per heavy atom. The molecular formula is C21H32N2O3. The van der Waals surface area contributed by atoms with Crippen molar-refractivity contribution in [1.29, 1.82) is 0 Å². The van der Waals surface area contributed by atoms with E-state index in [0.29, 0.717) is 5.75 Å². The monoisotopic (exact) mass is 360 g/mol. The molecule has 0 aliphatic heterocycles. The van der Waals surface area contributed by atoms with Crippen molar-refractivity contribution in [3.8, 4) is 5.75 Å². The zero-order chi connectivity index (χ0) is 19.1. The molecule has 26 heavy (non-hydrogen) atoms. The SMILES string of the molecule is CCCCN(C)C(=O)C1CCC(C(=O)Nc2cc(C)ccc2OC)CC1. The second-order valence-corrected chi connectivity index (χ2v) is 7.35. The first kappa shape index (κ1) is 20.3. The van der Waals surface area contributed by atoms with Gasteiger partial charge in [0.1, 0.15) is 5.75 Å². The minimum absolute atomic E-state index is 0.0270. The van der Waals surface area contributed by atoms with Crippen LogP contribution >= 0.6 is 0 Å². The van der Waals surface area contributed by atoms with E-state index in [0.717, 1.165) is 56.3 Å². The van der Waals surface area contributed by atoms with Gasteiger partial charge in [0.25, 0.3) is 0 Å². The zero-order valence-electron chi connectivity index (χ0n) is 16.5. The topological polar surface area (TPSA) is 58.6 Å².